The van der Waals surface area contributed by atoms with E-state index >= 15 is 0 Å². The summed E-state index contributed by atoms with van der Waals surface area (Å²) in [5.74, 6) is 0.0798. The molecular formula is C13H19NO3S2. The van der Waals surface area contributed by atoms with Crippen LogP contribution < -0.4 is 0 Å². The lowest BCUT2D eigenvalue weighted by Gasteiger charge is -2.35. The van der Waals surface area contributed by atoms with E-state index in [4.69, 9.17) is 0 Å². The number of amides is 1. The summed E-state index contributed by atoms with van der Waals surface area (Å²) in [4.78, 5) is 13.8. The summed E-state index contributed by atoms with van der Waals surface area (Å²) < 4.78 is 25.0. The third kappa shape index (κ3) is 2.31. The van der Waals surface area contributed by atoms with Crippen molar-refractivity contribution in [3.05, 3.63) is 17.0 Å². The van der Waals surface area contributed by atoms with E-state index in [-0.39, 0.29) is 11.9 Å². The molecule has 6 heteroatoms. The first-order valence-corrected chi connectivity index (χ1v) is 8.96. The Kier molecular flexibility index (Phi) is 4.01. The second-order valence-electron chi connectivity index (χ2n) is 4.80. The number of rotatable bonds is 3. The highest BCUT2D eigenvalue weighted by Gasteiger charge is 2.40. The van der Waals surface area contributed by atoms with E-state index in [0.717, 1.165) is 5.56 Å². The number of nitrogens with zero attached hydrogens (tertiary/aromatic N) is 1. The second-order valence-corrected chi connectivity index (χ2v) is 8.28. The Morgan fingerprint density at radius 3 is 2.74 bits per heavy atom. The first-order chi connectivity index (χ1) is 8.93. The molecule has 1 aromatic heterocycles. The largest absolute Gasteiger partial charge is 0.336 e. The van der Waals surface area contributed by atoms with Crippen molar-refractivity contribution in [3.63, 3.8) is 0 Å². The zero-order chi connectivity index (χ0) is 14.2. The lowest BCUT2D eigenvalue weighted by Crippen LogP contribution is -2.39. The van der Waals surface area contributed by atoms with E-state index in [2.05, 4.69) is 0 Å². The van der Waals surface area contributed by atoms with E-state index in [0.29, 0.717) is 23.6 Å². The quantitative estimate of drug-likeness (QED) is 0.862. The molecule has 2 heterocycles. The number of carbonyl (C=O) groups is 1. The lowest BCUT2D eigenvalue weighted by molar-refractivity contribution is -0.133. The summed E-state index contributed by atoms with van der Waals surface area (Å²) >= 11 is 1.26. The molecule has 0 unspecified atom stereocenters. The van der Waals surface area contributed by atoms with E-state index in [1.54, 1.807) is 17.2 Å². The fourth-order valence-corrected chi connectivity index (χ4v) is 5.81. The summed E-state index contributed by atoms with van der Waals surface area (Å²) in [5, 5.41) is 1.37. The number of fused-ring (bicyclic) bond motifs is 1. The van der Waals surface area contributed by atoms with Gasteiger partial charge in [-0.25, -0.2) is 8.42 Å². The molecule has 0 aromatic carbocycles. The molecule has 0 saturated carbocycles. The maximum atomic E-state index is 12.3. The summed E-state index contributed by atoms with van der Waals surface area (Å²) in [6, 6.07) is 1.75. The zero-order valence-electron chi connectivity index (χ0n) is 11.4. The van der Waals surface area contributed by atoms with Gasteiger partial charge in [0.15, 0.2) is 9.84 Å². The molecule has 1 aliphatic heterocycles. The normalized spacial score (nSPS) is 24.8. The molecule has 2 atom stereocenters. The van der Waals surface area contributed by atoms with E-state index in [1.165, 1.54) is 11.3 Å². The van der Waals surface area contributed by atoms with Crippen LogP contribution in [0.25, 0.3) is 0 Å². The molecule has 106 valence electrons. The highest BCUT2D eigenvalue weighted by molar-refractivity contribution is 7.94. The molecule has 0 radical (unpaired) electrons. The SMILES string of the molecule is CCC(=O)N(CC)[C@@H]1C[C@@H](C)S(=O)(=O)c2sccc21. The number of hydrogen-bond donors (Lipinski definition) is 0. The fourth-order valence-electron chi connectivity index (χ4n) is 2.60. The van der Waals surface area contributed by atoms with Crippen LogP contribution in [0.3, 0.4) is 0 Å². The third-order valence-electron chi connectivity index (χ3n) is 3.70. The van der Waals surface area contributed by atoms with Gasteiger partial charge < -0.3 is 4.90 Å². The number of sulfone groups is 1. The van der Waals surface area contributed by atoms with Gasteiger partial charge in [0.1, 0.15) is 4.21 Å². The van der Waals surface area contributed by atoms with E-state index in [1.807, 2.05) is 19.9 Å². The maximum absolute atomic E-state index is 12.3. The standard InChI is InChI=1S/C13H19NO3S2/c1-4-12(15)14(5-2)11-8-9(3)19(16,17)13-10(11)6-7-18-13/h6-7,9,11H,4-5,8H2,1-3H3/t9-,11-/m1/s1. The molecule has 2 rings (SSSR count). The minimum atomic E-state index is -3.20. The van der Waals surface area contributed by atoms with Crippen LogP contribution in [0.5, 0.6) is 0 Å². The van der Waals surface area contributed by atoms with Crippen LogP contribution >= 0.6 is 11.3 Å². The Morgan fingerprint density at radius 2 is 2.16 bits per heavy atom. The molecule has 19 heavy (non-hydrogen) atoms. The van der Waals surface area contributed by atoms with E-state index < -0.39 is 15.1 Å². The first-order valence-electron chi connectivity index (χ1n) is 6.54. The monoisotopic (exact) mass is 301 g/mol. The molecule has 0 bridgehead atoms. The molecule has 1 amide bonds. The summed E-state index contributed by atoms with van der Waals surface area (Å²) in [6.45, 7) is 6.12. The Bertz CT molecular complexity index is 576. The summed E-state index contributed by atoms with van der Waals surface area (Å²) in [7, 11) is -3.20. The molecule has 1 aromatic rings. The minimum Gasteiger partial charge on any atom is -0.336 e. The molecule has 0 saturated heterocycles. The van der Waals surface area contributed by atoms with Crippen molar-refractivity contribution in [1.29, 1.82) is 0 Å². The Labute approximate surface area is 118 Å². The number of carbonyl (C=O) groups excluding carboxylic acids is 1. The van der Waals surface area contributed by atoms with Gasteiger partial charge in [0.2, 0.25) is 5.91 Å². The minimum absolute atomic E-state index is 0.0798. The number of thiophene rings is 1. The molecular weight excluding hydrogens is 282 g/mol. The van der Waals surface area contributed by atoms with Crippen molar-refractivity contribution in [1.82, 2.24) is 4.90 Å². The predicted octanol–water partition coefficient (Wildman–Crippen LogP) is 2.61. The van der Waals surface area contributed by atoms with Crippen LogP contribution in [0.2, 0.25) is 0 Å². The van der Waals surface area contributed by atoms with Crippen LogP contribution in [-0.4, -0.2) is 31.0 Å². The average Bonchev–Trinajstić information content (AvgIpc) is 2.86. The van der Waals surface area contributed by atoms with Gasteiger partial charge in [-0.2, -0.15) is 0 Å². The molecule has 4 nitrogen and oxygen atoms in total. The topological polar surface area (TPSA) is 54.5 Å². The van der Waals surface area contributed by atoms with Gasteiger partial charge in [-0.1, -0.05) is 6.92 Å². The van der Waals surface area contributed by atoms with Crippen molar-refractivity contribution in [2.75, 3.05) is 6.54 Å². The van der Waals surface area contributed by atoms with Gasteiger partial charge in [-0.3, -0.25) is 4.79 Å². The molecule has 0 N–H and O–H groups in total. The highest BCUT2D eigenvalue weighted by atomic mass is 32.2. The Morgan fingerprint density at radius 1 is 1.47 bits per heavy atom. The second kappa shape index (κ2) is 5.25. The molecule has 1 aliphatic rings. The van der Waals surface area contributed by atoms with Gasteiger partial charge in [0.25, 0.3) is 0 Å². The van der Waals surface area contributed by atoms with Crippen molar-refractivity contribution in [2.24, 2.45) is 0 Å². The first kappa shape index (κ1) is 14.5. The average molecular weight is 301 g/mol. The van der Waals surface area contributed by atoms with Crippen molar-refractivity contribution in [3.8, 4) is 0 Å². The van der Waals surface area contributed by atoms with Gasteiger partial charge >= 0.3 is 0 Å². The van der Waals surface area contributed by atoms with Crippen LogP contribution in [0, 0.1) is 0 Å². The van der Waals surface area contributed by atoms with E-state index in [9.17, 15) is 13.2 Å². The van der Waals surface area contributed by atoms with Crippen molar-refractivity contribution < 1.29 is 13.2 Å². The number of hydrogen-bond acceptors (Lipinski definition) is 4. The molecule has 0 spiro atoms. The smallest absolute Gasteiger partial charge is 0.222 e. The Hall–Kier alpha value is -0.880. The van der Waals surface area contributed by atoms with Gasteiger partial charge in [-0.15, -0.1) is 11.3 Å². The van der Waals surface area contributed by atoms with Gasteiger partial charge in [0.05, 0.1) is 11.3 Å². The maximum Gasteiger partial charge on any atom is 0.222 e. The molecule has 0 fully saturated rings. The lowest BCUT2D eigenvalue weighted by atomic mass is 10.0. The zero-order valence-corrected chi connectivity index (χ0v) is 13.1. The van der Waals surface area contributed by atoms with Crippen LogP contribution in [0.15, 0.2) is 15.7 Å². The van der Waals surface area contributed by atoms with Crippen LogP contribution in [0.4, 0.5) is 0 Å². The predicted molar refractivity (Wildman–Crippen MR) is 76.0 cm³/mol. The third-order valence-corrected chi connectivity index (χ3v) is 7.41. The summed E-state index contributed by atoms with van der Waals surface area (Å²) in [5.41, 5.74) is 0.798. The summed E-state index contributed by atoms with van der Waals surface area (Å²) in [6.07, 6.45) is 0.941. The van der Waals surface area contributed by atoms with Gasteiger partial charge in [0, 0.05) is 18.5 Å². The van der Waals surface area contributed by atoms with Crippen molar-refractivity contribution >= 4 is 27.1 Å². The Balaban J connectivity index is 2.48. The van der Waals surface area contributed by atoms with Crippen LogP contribution in [-0.2, 0) is 14.6 Å². The van der Waals surface area contributed by atoms with Gasteiger partial charge in [-0.05, 0) is 31.7 Å². The molecule has 0 aliphatic carbocycles. The highest BCUT2D eigenvalue weighted by Crippen LogP contribution is 2.42. The van der Waals surface area contributed by atoms with Crippen molar-refractivity contribution in [2.45, 2.75) is 49.1 Å². The van der Waals surface area contributed by atoms with Crippen LogP contribution in [0.1, 0.15) is 45.2 Å². The fraction of sp³-hybridized carbons (Fsp3) is 0.615.